The minimum absolute atomic E-state index is 0.0342. The number of nitrogens with zero attached hydrogens (tertiary/aromatic N) is 1. The van der Waals surface area contributed by atoms with Gasteiger partial charge in [-0.1, -0.05) is 24.3 Å². The highest BCUT2D eigenvalue weighted by Crippen LogP contribution is 2.37. The van der Waals surface area contributed by atoms with Crippen LogP contribution in [-0.4, -0.2) is 37.3 Å². The Kier molecular flexibility index (Phi) is 5.12. The zero-order valence-corrected chi connectivity index (χ0v) is 13.8. The number of benzene rings is 2. The fraction of sp³-hybridized carbons (Fsp3) is 0.353. The maximum absolute atomic E-state index is 12.8. The molecule has 0 saturated heterocycles. The van der Waals surface area contributed by atoms with Crippen LogP contribution in [0.5, 0.6) is 5.75 Å². The second-order valence-corrected chi connectivity index (χ2v) is 5.50. The Morgan fingerprint density at radius 3 is 2.48 bits per heavy atom. The Morgan fingerprint density at radius 1 is 1.24 bits per heavy atom. The first-order valence-electron chi connectivity index (χ1n) is 7.10. The Labute approximate surface area is 130 Å². The van der Waals surface area contributed by atoms with E-state index in [2.05, 4.69) is 6.07 Å². The molecule has 4 heteroatoms. The minimum Gasteiger partial charge on any atom is -0.496 e. The highest BCUT2D eigenvalue weighted by molar-refractivity contribution is 7.99. The molecular weight excluding hydrogens is 282 g/mol. The fourth-order valence-electron chi connectivity index (χ4n) is 2.53. The van der Waals surface area contributed by atoms with Gasteiger partial charge in [0, 0.05) is 18.0 Å². The van der Waals surface area contributed by atoms with E-state index in [1.54, 1.807) is 18.9 Å². The van der Waals surface area contributed by atoms with E-state index in [1.165, 1.54) is 0 Å². The SMILES string of the molecule is CCN(CC)C(=O)c1c(OC)cc2ccccc2c1SC. The summed E-state index contributed by atoms with van der Waals surface area (Å²) in [7, 11) is 1.62. The van der Waals surface area contributed by atoms with Gasteiger partial charge in [0.2, 0.25) is 0 Å². The maximum Gasteiger partial charge on any atom is 0.258 e. The first-order valence-corrected chi connectivity index (χ1v) is 8.33. The van der Waals surface area contributed by atoms with Crippen LogP contribution in [0, 0.1) is 0 Å². The standard InChI is InChI=1S/C17H21NO2S/c1-5-18(6-2)17(19)15-14(20-3)11-12-9-7-8-10-13(12)16(15)21-4/h7-11H,5-6H2,1-4H3. The van der Waals surface area contributed by atoms with Crippen LogP contribution in [0.3, 0.4) is 0 Å². The van der Waals surface area contributed by atoms with E-state index in [4.69, 9.17) is 4.74 Å². The van der Waals surface area contributed by atoms with Crippen molar-refractivity contribution < 1.29 is 9.53 Å². The molecule has 2 rings (SSSR count). The summed E-state index contributed by atoms with van der Waals surface area (Å²) in [4.78, 5) is 15.7. The third-order valence-corrected chi connectivity index (χ3v) is 4.49. The summed E-state index contributed by atoms with van der Waals surface area (Å²) >= 11 is 1.59. The van der Waals surface area contributed by atoms with E-state index in [0.717, 1.165) is 15.7 Å². The van der Waals surface area contributed by atoms with Gasteiger partial charge in [0.25, 0.3) is 5.91 Å². The van der Waals surface area contributed by atoms with Gasteiger partial charge in [0.1, 0.15) is 5.75 Å². The van der Waals surface area contributed by atoms with Crippen LogP contribution in [0.4, 0.5) is 0 Å². The third kappa shape index (κ3) is 2.86. The first kappa shape index (κ1) is 15.7. The van der Waals surface area contributed by atoms with Crippen molar-refractivity contribution in [1.29, 1.82) is 0 Å². The van der Waals surface area contributed by atoms with Crippen LogP contribution in [-0.2, 0) is 0 Å². The van der Waals surface area contributed by atoms with Crippen LogP contribution in [0.2, 0.25) is 0 Å². The molecule has 0 unspecified atom stereocenters. The Hall–Kier alpha value is -1.68. The van der Waals surface area contributed by atoms with E-state index in [1.807, 2.05) is 49.3 Å². The third-order valence-electron chi connectivity index (χ3n) is 3.65. The van der Waals surface area contributed by atoms with Gasteiger partial charge in [-0.05, 0) is 36.9 Å². The van der Waals surface area contributed by atoms with Gasteiger partial charge in [-0.25, -0.2) is 0 Å². The van der Waals surface area contributed by atoms with Crippen LogP contribution in [0.1, 0.15) is 24.2 Å². The number of hydrogen-bond acceptors (Lipinski definition) is 3. The zero-order chi connectivity index (χ0) is 15.4. The van der Waals surface area contributed by atoms with Gasteiger partial charge in [-0.2, -0.15) is 0 Å². The molecule has 1 amide bonds. The average Bonchev–Trinajstić information content (AvgIpc) is 2.53. The van der Waals surface area contributed by atoms with Gasteiger partial charge in [0.05, 0.1) is 12.7 Å². The molecule has 0 spiro atoms. The molecule has 2 aromatic rings. The number of carbonyl (C=O) groups excluding carboxylic acids is 1. The molecular formula is C17H21NO2S. The summed E-state index contributed by atoms with van der Waals surface area (Å²) < 4.78 is 5.50. The average molecular weight is 303 g/mol. The Balaban J connectivity index is 2.73. The number of thioether (sulfide) groups is 1. The van der Waals surface area contributed by atoms with E-state index < -0.39 is 0 Å². The summed E-state index contributed by atoms with van der Waals surface area (Å²) in [5.74, 6) is 0.682. The topological polar surface area (TPSA) is 29.5 Å². The number of amides is 1. The van der Waals surface area contributed by atoms with Crippen molar-refractivity contribution in [2.75, 3.05) is 26.5 Å². The smallest absolute Gasteiger partial charge is 0.258 e. The Bertz CT molecular complexity index is 651. The van der Waals surface area contributed by atoms with Crippen molar-refractivity contribution in [2.45, 2.75) is 18.7 Å². The number of methoxy groups -OCH3 is 1. The van der Waals surface area contributed by atoms with Crippen molar-refractivity contribution in [3.63, 3.8) is 0 Å². The second-order valence-electron chi connectivity index (χ2n) is 4.69. The molecule has 0 aliphatic carbocycles. The molecule has 0 heterocycles. The van der Waals surface area contributed by atoms with Gasteiger partial charge in [0.15, 0.2) is 0 Å². The van der Waals surface area contributed by atoms with Crippen LogP contribution < -0.4 is 4.74 Å². The van der Waals surface area contributed by atoms with Crippen LogP contribution >= 0.6 is 11.8 Å². The lowest BCUT2D eigenvalue weighted by atomic mass is 10.0. The molecule has 112 valence electrons. The summed E-state index contributed by atoms with van der Waals surface area (Å²) in [5, 5.41) is 2.19. The molecule has 0 atom stereocenters. The van der Waals surface area contributed by atoms with Gasteiger partial charge >= 0.3 is 0 Å². The van der Waals surface area contributed by atoms with Crippen molar-refractivity contribution in [3.8, 4) is 5.75 Å². The van der Waals surface area contributed by atoms with E-state index in [-0.39, 0.29) is 5.91 Å². The lowest BCUT2D eigenvalue weighted by Gasteiger charge is -2.22. The lowest BCUT2D eigenvalue weighted by Crippen LogP contribution is -2.31. The monoisotopic (exact) mass is 303 g/mol. The maximum atomic E-state index is 12.8. The number of rotatable bonds is 5. The van der Waals surface area contributed by atoms with E-state index in [0.29, 0.717) is 24.4 Å². The molecule has 0 radical (unpaired) electrons. The van der Waals surface area contributed by atoms with Crippen molar-refractivity contribution in [2.24, 2.45) is 0 Å². The van der Waals surface area contributed by atoms with Gasteiger partial charge in [-0.3, -0.25) is 4.79 Å². The van der Waals surface area contributed by atoms with Crippen molar-refractivity contribution >= 4 is 28.4 Å². The van der Waals surface area contributed by atoms with Crippen LogP contribution in [0.25, 0.3) is 10.8 Å². The molecule has 0 aliphatic heterocycles. The van der Waals surface area contributed by atoms with E-state index in [9.17, 15) is 4.79 Å². The number of ether oxygens (including phenoxy) is 1. The normalized spacial score (nSPS) is 10.7. The van der Waals surface area contributed by atoms with Crippen LogP contribution in [0.15, 0.2) is 35.2 Å². The molecule has 0 N–H and O–H groups in total. The molecule has 0 fully saturated rings. The minimum atomic E-state index is 0.0342. The molecule has 0 aromatic heterocycles. The molecule has 0 bridgehead atoms. The first-order chi connectivity index (χ1) is 10.2. The molecule has 21 heavy (non-hydrogen) atoms. The molecule has 0 aliphatic rings. The highest BCUT2D eigenvalue weighted by atomic mass is 32.2. The number of carbonyl (C=O) groups is 1. The summed E-state index contributed by atoms with van der Waals surface area (Å²) in [5.41, 5.74) is 0.674. The van der Waals surface area contributed by atoms with Crippen molar-refractivity contribution in [3.05, 3.63) is 35.9 Å². The fourth-order valence-corrected chi connectivity index (χ4v) is 3.33. The predicted molar refractivity (Wildman–Crippen MR) is 89.5 cm³/mol. The molecule has 0 saturated carbocycles. The summed E-state index contributed by atoms with van der Waals surface area (Å²) in [6, 6.07) is 10.0. The second kappa shape index (κ2) is 6.85. The molecule has 3 nitrogen and oxygen atoms in total. The van der Waals surface area contributed by atoms with Crippen molar-refractivity contribution in [1.82, 2.24) is 4.90 Å². The molecule has 2 aromatic carbocycles. The largest absolute Gasteiger partial charge is 0.496 e. The predicted octanol–water partition coefficient (Wildman–Crippen LogP) is 4.05. The number of hydrogen-bond donors (Lipinski definition) is 0. The summed E-state index contributed by atoms with van der Waals surface area (Å²) in [6.45, 7) is 5.37. The lowest BCUT2D eigenvalue weighted by molar-refractivity contribution is 0.0766. The quantitative estimate of drug-likeness (QED) is 0.780. The number of fused-ring (bicyclic) bond motifs is 1. The zero-order valence-electron chi connectivity index (χ0n) is 13.0. The van der Waals surface area contributed by atoms with E-state index >= 15 is 0 Å². The Morgan fingerprint density at radius 2 is 1.90 bits per heavy atom. The highest BCUT2D eigenvalue weighted by Gasteiger charge is 2.23. The van der Waals surface area contributed by atoms with Gasteiger partial charge < -0.3 is 9.64 Å². The van der Waals surface area contributed by atoms with Gasteiger partial charge in [-0.15, -0.1) is 11.8 Å². The summed E-state index contributed by atoms with van der Waals surface area (Å²) in [6.07, 6.45) is 2.00.